The predicted octanol–water partition coefficient (Wildman–Crippen LogP) is -0.383. The van der Waals surface area contributed by atoms with Gasteiger partial charge in [-0.2, -0.15) is 0 Å². The third kappa shape index (κ3) is 3.09. The van der Waals surface area contributed by atoms with Crippen LogP contribution in [0, 0.1) is 0 Å². The molecule has 0 spiro atoms. The average molecular weight is 215 g/mol. The molecule has 3 N–H and O–H groups in total. The Bertz CT molecular complexity index is 390. The van der Waals surface area contributed by atoms with Gasteiger partial charge in [0, 0.05) is 6.07 Å². The van der Waals surface area contributed by atoms with E-state index in [2.05, 4.69) is 14.7 Å². The third-order valence-corrected chi connectivity index (χ3v) is 2.14. The number of H-pyrrole nitrogens is 1. The summed E-state index contributed by atoms with van der Waals surface area (Å²) in [7, 11) is 1.29. The molecule has 0 aromatic carbocycles. The summed E-state index contributed by atoms with van der Waals surface area (Å²) in [4.78, 5) is 27.9. The number of rotatable bonds is 3. The summed E-state index contributed by atoms with van der Waals surface area (Å²) in [6.45, 7) is 0. The molecule has 0 saturated heterocycles. The fraction of sp³-hybridized carbons (Fsp3) is 0.286. The van der Waals surface area contributed by atoms with Crippen molar-refractivity contribution >= 4 is 23.5 Å². The number of carbonyl (C=O) groups excluding carboxylic acids is 1. The number of methoxy groups -OCH3 is 1. The van der Waals surface area contributed by atoms with Gasteiger partial charge < -0.3 is 15.5 Å². The number of nitrogens with two attached hydrogens (primary N) is 1. The SMILES string of the molecule is COC(=O)CSc1nc(N)cc(=O)[nH]1. The summed E-state index contributed by atoms with van der Waals surface area (Å²) in [5, 5.41) is 0.306. The van der Waals surface area contributed by atoms with Crippen molar-refractivity contribution in [2.75, 3.05) is 18.6 Å². The highest BCUT2D eigenvalue weighted by Gasteiger charge is 2.04. The minimum absolute atomic E-state index is 0.0862. The van der Waals surface area contributed by atoms with E-state index in [1.54, 1.807) is 0 Å². The van der Waals surface area contributed by atoms with Gasteiger partial charge in [0.2, 0.25) is 0 Å². The molecule has 1 aromatic rings. The van der Waals surface area contributed by atoms with Crippen molar-refractivity contribution in [2.24, 2.45) is 0 Å². The van der Waals surface area contributed by atoms with Crippen LogP contribution in [0.3, 0.4) is 0 Å². The van der Waals surface area contributed by atoms with E-state index >= 15 is 0 Å². The maximum absolute atomic E-state index is 10.9. The lowest BCUT2D eigenvalue weighted by Gasteiger charge is -1.99. The Kier molecular flexibility index (Phi) is 3.52. The Morgan fingerprint density at radius 1 is 1.79 bits per heavy atom. The molecule has 76 valence electrons. The van der Waals surface area contributed by atoms with Crippen molar-refractivity contribution in [1.29, 1.82) is 0 Å². The number of ether oxygens (including phenoxy) is 1. The maximum atomic E-state index is 10.9. The van der Waals surface area contributed by atoms with Crippen LogP contribution in [-0.4, -0.2) is 28.8 Å². The van der Waals surface area contributed by atoms with E-state index in [0.717, 1.165) is 11.8 Å². The normalized spacial score (nSPS) is 9.79. The van der Waals surface area contributed by atoms with E-state index in [1.807, 2.05) is 0 Å². The summed E-state index contributed by atoms with van der Waals surface area (Å²) in [6, 6.07) is 1.17. The molecule has 7 heteroatoms. The van der Waals surface area contributed by atoms with Crippen LogP contribution in [0.5, 0.6) is 0 Å². The summed E-state index contributed by atoms with van der Waals surface area (Å²) in [5.41, 5.74) is 4.99. The number of nitrogens with zero attached hydrogens (tertiary/aromatic N) is 1. The van der Waals surface area contributed by atoms with Crippen LogP contribution in [0.1, 0.15) is 0 Å². The molecule has 0 aliphatic heterocycles. The van der Waals surface area contributed by atoms with Crippen LogP contribution in [0.4, 0.5) is 5.82 Å². The van der Waals surface area contributed by atoms with Crippen LogP contribution in [-0.2, 0) is 9.53 Å². The summed E-state index contributed by atoms with van der Waals surface area (Å²) < 4.78 is 4.42. The second kappa shape index (κ2) is 4.66. The summed E-state index contributed by atoms with van der Waals surface area (Å²) in [6.07, 6.45) is 0. The van der Waals surface area contributed by atoms with E-state index in [0.29, 0.717) is 5.16 Å². The molecular weight excluding hydrogens is 206 g/mol. The van der Waals surface area contributed by atoms with Gasteiger partial charge in [0.15, 0.2) is 5.16 Å². The number of esters is 1. The smallest absolute Gasteiger partial charge is 0.316 e. The number of thioether (sulfide) groups is 1. The first-order valence-corrected chi connectivity index (χ1v) is 4.67. The number of aromatic amines is 1. The van der Waals surface area contributed by atoms with Crippen LogP contribution in [0.15, 0.2) is 16.0 Å². The van der Waals surface area contributed by atoms with Crippen molar-refractivity contribution in [2.45, 2.75) is 5.16 Å². The molecule has 0 fully saturated rings. The summed E-state index contributed by atoms with van der Waals surface area (Å²) >= 11 is 1.06. The molecular formula is C7H9N3O3S. The van der Waals surface area contributed by atoms with Crippen molar-refractivity contribution < 1.29 is 9.53 Å². The Hall–Kier alpha value is -1.50. The highest BCUT2D eigenvalue weighted by atomic mass is 32.2. The first-order chi connectivity index (χ1) is 6.61. The maximum Gasteiger partial charge on any atom is 0.316 e. The number of nitrogens with one attached hydrogen (secondary N) is 1. The molecule has 0 saturated carbocycles. The van der Waals surface area contributed by atoms with E-state index in [-0.39, 0.29) is 23.1 Å². The zero-order valence-electron chi connectivity index (χ0n) is 7.44. The van der Waals surface area contributed by atoms with Gasteiger partial charge in [-0.3, -0.25) is 9.59 Å². The summed E-state index contributed by atoms with van der Waals surface area (Å²) in [5.74, 6) is -0.177. The highest BCUT2D eigenvalue weighted by Crippen LogP contribution is 2.11. The monoisotopic (exact) mass is 215 g/mol. The molecule has 1 aromatic heterocycles. The molecule has 1 heterocycles. The molecule has 6 nitrogen and oxygen atoms in total. The molecule has 0 atom stereocenters. The van der Waals surface area contributed by atoms with Gasteiger partial charge in [0.05, 0.1) is 12.9 Å². The number of carbonyl (C=O) groups is 1. The quantitative estimate of drug-likeness (QED) is 0.405. The molecule has 0 aliphatic rings. The first-order valence-electron chi connectivity index (χ1n) is 3.68. The molecule has 1 rings (SSSR count). The first kappa shape index (κ1) is 10.6. The van der Waals surface area contributed by atoms with E-state index < -0.39 is 0 Å². The topological polar surface area (TPSA) is 98.1 Å². The average Bonchev–Trinajstić information content (AvgIpc) is 2.12. The number of hydrogen-bond donors (Lipinski definition) is 2. The van der Waals surface area contributed by atoms with Crippen LogP contribution < -0.4 is 11.3 Å². The zero-order valence-corrected chi connectivity index (χ0v) is 8.26. The van der Waals surface area contributed by atoms with Crippen LogP contribution in [0.2, 0.25) is 0 Å². The number of nitrogen functional groups attached to an aromatic ring is 1. The van der Waals surface area contributed by atoms with Gasteiger partial charge in [-0.05, 0) is 0 Å². The minimum atomic E-state index is -0.389. The number of anilines is 1. The van der Waals surface area contributed by atoms with Crippen molar-refractivity contribution in [3.05, 3.63) is 16.4 Å². The largest absolute Gasteiger partial charge is 0.468 e. The van der Waals surface area contributed by atoms with Gasteiger partial charge >= 0.3 is 5.97 Å². The Balaban J connectivity index is 2.68. The molecule has 0 radical (unpaired) electrons. The number of hydrogen-bond acceptors (Lipinski definition) is 6. The van der Waals surface area contributed by atoms with E-state index in [4.69, 9.17) is 5.73 Å². The zero-order chi connectivity index (χ0) is 10.6. The highest BCUT2D eigenvalue weighted by molar-refractivity contribution is 7.99. The van der Waals surface area contributed by atoms with Gasteiger partial charge in [0.1, 0.15) is 5.82 Å². The lowest BCUT2D eigenvalue weighted by molar-refractivity contribution is -0.137. The molecule has 0 bridgehead atoms. The number of aromatic nitrogens is 2. The second-order valence-electron chi connectivity index (χ2n) is 2.34. The van der Waals surface area contributed by atoms with Crippen molar-refractivity contribution in [3.63, 3.8) is 0 Å². The minimum Gasteiger partial charge on any atom is -0.468 e. The van der Waals surface area contributed by atoms with Gasteiger partial charge in [-0.15, -0.1) is 0 Å². The fourth-order valence-corrected chi connectivity index (χ4v) is 1.42. The van der Waals surface area contributed by atoms with Gasteiger partial charge in [-0.25, -0.2) is 4.98 Å². The van der Waals surface area contributed by atoms with Crippen molar-refractivity contribution in [1.82, 2.24) is 9.97 Å². The Morgan fingerprint density at radius 3 is 3.07 bits per heavy atom. The molecule has 0 amide bonds. The van der Waals surface area contributed by atoms with E-state index in [1.165, 1.54) is 13.2 Å². The molecule has 0 aliphatic carbocycles. The fourth-order valence-electron chi connectivity index (χ4n) is 0.708. The predicted molar refractivity (Wildman–Crippen MR) is 52.0 cm³/mol. The van der Waals surface area contributed by atoms with Crippen LogP contribution >= 0.6 is 11.8 Å². The lowest BCUT2D eigenvalue weighted by atomic mass is 10.6. The molecule has 14 heavy (non-hydrogen) atoms. The van der Waals surface area contributed by atoms with Gasteiger partial charge in [0.25, 0.3) is 5.56 Å². The van der Waals surface area contributed by atoms with Crippen LogP contribution in [0.25, 0.3) is 0 Å². The molecule has 0 unspecified atom stereocenters. The second-order valence-corrected chi connectivity index (χ2v) is 3.30. The Labute approximate surface area is 83.9 Å². The Morgan fingerprint density at radius 2 is 2.50 bits per heavy atom. The van der Waals surface area contributed by atoms with E-state index in [9.17, 15) is 9.59 Å². The van der Waals surface area contributed by atoms with Gasteiger partial charge in [-0.1, -0.05) is 11.8 Å². The third-order valence-electron chi connectivity index (χ3n) is 1.29. The standard InChI is InChI=1S/C7H9N3O3S/c1-13-6(12)3-14-7-9-4(8)2-5(11)10-7/h2H,3H2,1H3,(H3,8,9,10,11). The van der Waals surface area contributed by atoms with Crippen molar-refractivity contribution in [3.8, 4) is 0 Å². The lowest BCUT2D eigenvalue weighted by Crippen LogP contribution is -2.11.